The molecule has 9 heteroatoms. The Labute approximate surface area is 154 Å². The molecule has 0 aliphatic carbocycles. The van der Waals surface area contributed by atoms with E-state index in [1.165, 1.54) is 23.1 Å². The highest BCUT2D eigenvalue weighted by molar-refractivity contribution is 6.34. The SMILES string of the molecule is CO[C@@H]1C[C@H](c2nnc(C)o2)N(C(=O)C(O)c2cc(Cl)cc(Cl)c2)C1. The number of aliphatic hydroxyl groups is 1. The van der Waals surface area contributed by atoms with Gasteiger partial charge in [-0.2, -0.15) is 0 Å². The zero-order valence-electron chi connectivity index (χ0n) is 13.6. The van der Waals surface area contributed by atoms with Gasteiger partial charge < -0.3 is 19.2 Å². The molecule has 0 saturated carbocycles. The molecule has 1 amide bonds. The largest absolute Gasteiger partial charge is 0.423 e. The van der Waals surface area contributed by atoms with Gasteiger partial charge in [-0.3, -0.25) is 4.79 Å². The van der Waals surface area contributed by atoms with Crippen LogP contribution in [-0.2, 0) is 9.53 Å². The minimum absolute atomic E-state index is 0.184. The summed E-state index contributed by atoms with van der Waals surface area (Å²) in [5.74, 6) is 0.228. The van der Waals surface area contributed by atoms with Crippen LogP contribution >= 0.6 is 23.2 Å². The van der Waals surface area contributed by atoms with Gasteiger partial charge in [0.25, 0.3) is 5.91 Å². The maximum absolute atomic E-state index is 12.9. The topological polar surface area (TPSA) is 88.7 Å². The van der Waals surface area contributed by atoms with Crippen LogP contribution in [0.5, 0.6) is 0 Å². The second kappa shape index (κ2) is 7.29. The second-order valence-electron chi connectivity index (χ2n) is 5.86. The summed E-state index contributed by atoms with van der Waals surface area (Å²) in [5, 5.41) is 19.0. The summed E-state index contributed by atoms with van der Waals surface area (Å²) in [6, 6.07) is 4.09. The fraction of sp³-hybridized carbons (Fsp3) is 0.438. The molecule has 25 heavy (non-hydrogen) atoms. The molecular formula is C16H17Cl2N3O4. The highest BCUT2D eigenvalue weighted by Crippen LogP contribution is 2.35. The van der Waals surface area contributed by atoms with Gasteiger partial charge in [0, 0.05) is 37.0 Å². The van der Waals surface area contributed by atoms with Crippen LogP contribution in [0.1, 0.15) is 35.9 Å². The van der Waals surface area contributed by atoms with Crippen molar-refractivity contribution in [3.05, 3.63) is 45.6 Å². The Kier molecular flexibility index (Phi) is 5.29. The number of hydrogen-bond donors (Lipinski definition) is 1. The summed E-state index contributed by atoms with van der Waals surface area (Å²) >= 11 is 11.9. The molecule has 0 spiro atoms. The average Bonchev–Trinajstić information content (AvgIpc) is 3.18. The number of hydrogen-bond acceptors (Lipinski definition) is 6. The van der Waals surface area contributed by atoms with Crippen LogP contribution < -0.4 is 0 Å². The van der Waals surface area contributed by atoms with Crippen molar-refractivity contribution in [2.75, 3.05) is 13.7 Å². The number of benzene rings is 1. The lowest BCUT2D eigenvalue weighted by Crippen LogP contribution is -2.36. The van der Waals surface area contributed by atoms with Crippen LogP contribution in [0.25, 0.3) is 0 Å². The van der Waals surface area contributed by atoms with Crippen LogP contribution in [0.3, 0.4) is 0 Å². The summed E-state index contributed by atoms with van der Waals surface area (Å²) in [6.07, 6.45) is -1.08. The maximum atomic E-state index is 12.9. The number of halogens is 2. The number of aryl methyl sites for hydroxylation is 1. The van der Waals surface area contributed by atoms with E-state index in [1.807, 2.05) is 0 Å². The Morgan fingerprint density at radius 3 is 2.60 bits per heavy atom. The minimum atomic E-state index is -1.40. The van der Waals surface area contributed by atoms with E-state index in [2.05, 4.69) is 10.2 Å². The van der Waals surface area contributed by atoms with Gasteiger partial charge in [0.1, 0.15) is 6.04 Å². The first-order valence-corrected chi connectivity index (χ1v) is 8.42. The molecule has 1 aliphatic rings. The second-order valence-corrected chi connectivity index (χ2v) is 6.74. The number of rotatable bonds is 4. The van der Waals surface area contributed by atoms with E-state index < -0.39 is 18.1 Å². The fourth-order valence-corrected chi connectivity index (χ4v) is 3.47. The van der Waals surface area contributed by atoms with E-state index >= 15 is 0 Å². The molecule has 1 aliphatic heterocycles. The fourth-order valence-electron chi connectivity index (χ4n) is 2.93. The number of amides is 1. The standard InChI is InChI=1S/C16H17Cl2N3O4/c1-8-19-20-15(25-8)13-6-12(24-2)7-21(13)16(23)14(22)9-3-10(17)5-11(18)4-9/h3-5,12-14,22H,6-7H2,1-2H3/t12-,13-,14?/m1/s1. The van der Waals surface area contributed by atoms with Crippen molar-refractivity contribution in [2.24, 2.45) is 0 Å². The zero-order valence-corrected chi connectivity index (χ0v) is 15.2. The third-order valence-electron chi connectivity index (χ3n) is 4.14. The number of likely N-dealkylation sites (tertiary alicyclic amines) is 1. The molecule has 3 atom stereocenters. The summed E-state index contributed by atoms with van der Waals surface area (Å²) in [6.45, 7) is 1.99. The highest BCUT2D eigenvalue weighted by Gasteiger charge is 2.41. The third kappa shape index (κ3) is 3.79. The molecule has 7 nitrogen and oxygen atoms in total. The van der Waals surface area contributed by atoms with E-state index in [9.17, 15) is 9.90 Å². The molecule has 1 aromatic heterocycles. The summed E-state index contributed by atoms with van der Waals surface area (Å²) in [5.41, 5.74) is 0.323. The van der Waals surface area contributed by atoms with Crippen LogP contribution in [0, 0.1) is 6.92 Å². The lowest BCUT2D eigenvalue weighted by atomic mass is 10.1. The van der Waals surface area contributed by atoms with Crippen molar-refractivity contribution in [2.45, 2.75) is 31.6 Å². The quantitative estimate of drug-likeness (QED) is 0.869. The van der Waals surface area contributed by atoms with Crippen LogP contribution in [0.4, 0.5) is 0 Å². The van der Waals surface area contributed by atoms with Crippen molar-refractivity contribution < 1.29 is 19.1 Å². The smallest absolute Gasteiger partial charge is 0.256 e. The van der Waals surface area contributed by atoms with Crippen molar-refractivity contribution >= 4 is 29.1 Å². The Bertz CT molecular complexity index is 762. The van der Waals surface area contributed by atoms with E-state index in [0.717, 1.165) is 0 Å². The monoisotopic (exact) mass is 385 g/mol. The lowest BCUT2D eigenvalue weighted by Gasteiger charge is -2.24. The maximum Gasteiger partial charge on any atom is 0.256 e. The molecule has 1 aromatic carbocycles. The molecule has 3 rings (SSSR count). The predicted molar refractivity (Wildman–Crippen MR) is 90.3 cm³/mol. The predicted octanol–water partition coefficient (Wildman–Crippen LogP) is 2.71. The Morgan fingerprint density at radius 1 is 1.36 bits per heavy atom. The van der Waals surface area contributed by atoms with Gasteiger partial charge >= 0.3 is 0 Å². The third-order valence-corrected chi connectivity index (χ3v) is 4.58. The first-order chi connectivity index (χ1) is 11.9. The molecule has 2 aromatic rings. The number of carbonyl (C=O) groups excluding carboxylic acids is 1. The normalized spacial score (nSPS) is 21.6. The Balaban J connectivity index is 1.87. The lowest BCUT2D eigenvalue weighted by molar-refractivity contribution is -0.142. The number of aromatic nitrogens is 2. The van der Waals surface area contributed by atoms with Gasteiger partial charge in [0.15, 0.2) is 6.10 Å². The number of ether oxygens (including phenoxy) is 1. The van der Waals surface area contributed by atoms with E-state index in [4.69, 9.17) is 32.4 Å². The molecule has 1 saturated heterocycles. The molecular weight excluding hydrogens is 369 g/mol. The first-order valence-electron chi connectivity index (χ1n) is 7.66. The zero-order chi connectivity index (χ0) is 18.1. The van der Waals surface area contributed by atoms with Crippen molar-refractivity contribution in [3.63, 3.8) is 0 Å². The molecule has 2 heterocycles. The van der Waals surface area contributed by atoms with Gasteiger partial charge in [-0.1, -0.05) is 23.2 Å². The van der Waals surface area contributed by atoms with E-state index in [-0.39, 0.29) is 6.10 Å². The Morgan fingerprint density at radius 2 is 2.04 bits per heavy atom. The van der Waals surface area contributed by atoms with Gasteiger partial charge in [0.2, 0.25) is 11.8 Å². The number of aliphatic hydroxyl groups excluding tert-OH is 1. The summed E-state index contributed by atoms with van der Waals surface area (Å²) in [4.78, 5) is 14.4. The first kappa shape index (κ1) is 18.1. The Hall–Kier alpha value is -1.67. The molecule has 1 N–H and O–H groups in total. The van der Waals surface area contributed by atoms with Gasteiger partial charge in [-0.05, 0) is 23.8 Å². The summed E-state index contributed by atoms with van der Waals surface area (Å²) < 4.78 is 10.8. The molecule has 1 unspecified atom stereocenters. The number of nitrogens with zero attached hydrogens (tertiary/aromatic N) is 3. The molecule has 1 fully saturated rings. The van der Waals surface area contributed by atoms with Gasteiger partial charge in [-0.15, -0.1) is 10.2 Å². The number of carbonyl (C=O) groups is 1. The molecule has 134 valence electrons. The molecule has 0 bridgehead atoms. The van der Waals surface area contributed by atoms with E-state index in [0.29, 0.717) is 40.4 Å². The van der Waals surface area contributed by atoms with Crippen molar-refractivity contribution in [1.82, 2.24) is 15.1 Å². The van der Waals surface area contributed by atoms with Crippen LogP contribution in [0.15, 0.2) is 22.6 Å². The number of methoxy groups -OCH3 is 1. The van der Waals surface area contributed by atoms with Crippen LogP contribution in [0.2, 0.25) is 10.0 Å². The average molecular weight is 386 g/mol. The van der Waals surface area contributed by atoms with Crippen molar-refractivity contribution in [1.29, 1.82) is 0 Å². The highest BCUT2D eigenvalue weighted by atomic mass is 35.5. The van der Waals surface area contributed by atoms with E-state index in [1.54, 1.807) is 14.0 Å². The van der Waals surface area contributed by atoms with Crippen molar-refractivity contribution in [3.8, 4) is 0 Å². The minimum Gasteiger partial charge on any atom is -0.423 e. The summed E-state index contributed by atoms with van der Waals surface area (Å²) in [7, 11) is 1.57. The van der Waals surface area contributed by atoms with Gasteiger partial charge in [-0.25, -0.2) is 0 Å². The van der Waals surface area contributed by atoms with Crippen LogP contribution in [-0.4, -0.2) is 45.9 Å². The van der Waals surface area contributed by atoms with Gasteiger partial charge in [0.05, 0.1) is 6.10 Å². The molecule has 0 radical (unpaired) electrons.